The molecule has 0 saturated carbocycles. The molecule has 198 valence electrons. The summed E-state index contributed by atoms with van der Waals surface area (Å²) in [5, 5.41) is 5.59. The van der Waals surface area contributed by atoms with Crippen LogP contribution in [-0.4, -0.2) is 49.7 Å². The van der Waals surface area contributed by atoms with Gasteiger partial charge in [-0.25, -0.2) is 4.98 Å². The molecule has 0 atom stereocenters. The van der Waals surface area contributed by atoms with Gasteiger partial charge in [0, 0.05) is 5.56 Å². The number of primary amides is 1. The molecule has 11 heteroatoms. The number of carbonyl (C=O) groups is 1. The number of benzene rings is 3. The first-order valence-corrected chi connectivity index (χ1v) is 11.7. The number of aromatic nitrogens is 2. The number of ether oxygens (including phenoxy) is 4. The van der Waals surface area contributed by atoms with Crippen LogP contribution in [0.15, 0.2) is 75.0 Å². The Morgan fingerprint density at radius 3 is 2.38 bits per heavy atom. The van der Waals surface area contributed by atoms with Crippen molar-refractivity contribution in [3.05, 3.63) is 76.6 Å². The second-order valence-electron chi connectivity index (χ2n) is 8.31. The Morgan fingerprint density at radius 2 is 1.69 bits per heavy atom. The van der Waals surface area contributed by atoms with Gasteiger partial charge in [0.2, 0.25) is 11.6 Å². The molecule has 0 fully saturated rings. The zero-order valence-electron chi connectivity index (χ0n) is 21.3. The van der Waals surface area contributed by atoms with E-state index in [9.17, 15) is 9.59 Å². The third kappa shape index (κ3) is 4.85. The quantitative estimate of drug-likeness (QED) is 0.286. The van der Waals surface area contributed by atoms with E-state index in [1.165, 1.54) is 25.1 Å². The largest absolute Gasteiger partial charge is 0.496 e. The Hall–Kier alpha value is -5.32. The summed E-state index contributed by atoms with van der Waals surface area (Å²) in [6, 6.07) is 17.4. The highest BCUT2D eigenvalue weighted by atomic mass is 16.5. The minimum absolute atomic E-state index is 0.202. The minimum atomic E-state index is -0.649. The predicted molar refractivity (Wildman–Crippen MR) is 145 cm³/mol. The lowest BCUT2D eigenvalue weighted by Gasteiger charge is -2.14. The Kier molecular flexibility index (Phi) is 6.87. The number of rotatable bonds is 9. The number of methoxy groups -OCH3 is 3. The predicted octanol–water partition coefficient (Wildman–Crippen LogP) is 3.58. The average Bonchev–Trinajstić information content (AvgIpc) is 3.39. The molecule has 0 saturated heterocycles. The standard InChI is InChI=1S/C28H24N4O7/c1-35-20-9-6-10-21-18(20)13-24(39-21)27-31-19-8-5-4-7-17(19)28(34)32(27)30-14-16-11-22(36-2)26(23(12-16)37-3)38-15-25(29)33/h4-14H,15H2,1-3H3,(H2,29,33). The van der Waals surface area contributed by atoms with Gasteiger partial charge in [-0.2, -0.15) is 9.78 Å². The second kappa shape index (κ2) is 10.6. The molecule has 2 heterocycles. The molecule has 0 aliphatic carbocycles. The van der Waals surface area contributed by atoms with Gasteiger partial charge < -0.3 is 29.1 Å². The monoisotopic (exact) mass is 528 g/mol. The van der Waals surface area contributed by atoms with Crippen molar-refractivity contribution in [2.24, 2.45) is 10.8 Å². The van der Waals surface area contributed by atoms with Gasteiger partial charge in [-0.05, 0) is 42.5 Å². The van der Waals surface area contributed by atoms with Crippen LogP contribution in [-0.2, 0) is 4.79 Å². The van der Waals surface area contributed by atoms with Crippen LogP contribution >= 0.6 is 0 Å². The van der Waals surface area contributed by atoms with Crippen molar-refractivity contribution in [3.63, 3.8) is 0 Å². The molecule has 11 nitrogen and oxygen atoms in total. The molecular weight excluding hydrogens is 504 g/mol. The van der Waals surface area contributed by atoms with E-state index in [1.807, 2.05) is 12.1 Å². The molecule has 5 aromatic rings. The number of amides is 1. The van der Waals surface area contributed by atoms with Crippen LogP contribution in [0.25, 0.3) is 33.5 Å². The van der Waals surface area contributed by atoms with Gasteiger partial charge in [-0.1, -0.05) is 18.2 Å². The van der Waals surface area contributed by atoms with Crippen LogP contribution in [0, 0.1) is 0 Å². The van der Waals surface area contributed by atoms with E-state index in [1.54, 1.807) is 55.6 Å². The van der Waals surface area contributed by atoms with Crippen LogP contribution in [0.5, 0.6) is 23.0 Å². The highest BCUT2D eigenvalue weighted by molar-refractivity contribution is 5.89. The summed E-state index contributed by atoms with van der Waals surface area (Å²) in [4.78, 5) is 29.5. The molecule has 2 aromatic heterocycles. The van der Waals surface area contributed by atoms with Crippen molar-refractivity contribution in [3.8, 4) is 34.6 Å². The van der Waals surface area contributed by atoms with Crippen molar-refractivity contribution < 1.29 is 28.2 Å². The average molecular weight is 529 g/mol. The van der Waals surface area contributed by atoms with Gasteiger partial charge in [-0.3, -0.25) is 9.59 Å². The lowest BCUT2D eigenvalue weighted by Crippen LogP contribution is -2.20. The third-order valence-corrected chi connectivity index (χ3v) is 5.88. The molecular formula is C28H24N4O7. The van der Waals surface area contributed by atoms with Gasteiger partial charge >= 0.3 is 0 Å². The van der Waals surface area contributed by atoms with Crippen LogP contribution in [0.2, 0.25) is 0 Å². The van der Waals surface area contributed by atoms with Gasteiger partial charge in [0.1, 0.15) is 11.3 Å². The molecule has 0 aliphatic rings. The number of furan rings is 1. The fourth-order valence-corrected chi connectivity index (χ4v) is 4.10. The van der Waals surface area contributed by atoms with Crippen molar-refractivity contribution in [1.82, 2.24) is 9.66 Å². The van der Waals surface area contributed by atoms with Crippen LogP contribution < -0.4 is 30.2 Å². The van der Waals surface area contributed by atoms with Crippen molar-refractivity contribution in [2.45, 2.75) is 0 Å². The molecule has 0 radical (unpaired) electrons. The molecule has 0 aliphatic heterocycles. The Labute approximate surface area is 222 Å². The number of hydrogen-bond acceptors (Lipinski definition) is 9. The number of para-hydroxylation sites is 1. The van der Waals surface area contributed by atoms with Gasteiger partial charge in [0.05, 0.1) is 43.8 Å². The normalized spacial score (nSPS) is 11.3. The molecule has 0 bridgehead atoms. The van der Waals surface area contributed by atoms with Crippen LogP contribution in [0.4, 0.5) is 0 Å². The summed E-state index contributed by atoms with van der Waals surface area (Å²) in [6.45, 7) is -0.357. The maximum Gasteiger partial charge on any atom is 0.282 e. The Balaban J connectivity index is 1.66. The number of fused-ring (bicyclic) bond motifs is 2. The first kappa shape index (κ1) is 25.3. The van der Waals surface area contributed by atoms with E-state index in [-0.39, 0.29) is 35.2 Å². The van der Waals surface area contributed by atoms with Crippen LogP contribution in [0.1, 0.15) is 5.56 Å². The molecule has 0 spiro atoms. The van der Waals surface area contributed by atoms with E-state index in [2.05, 4.69) is 5.10 Å². The lowest BCUT2D eigenvalue weighted by atomic mass is 10.2. The number of nitrogens with zero attached hydrogens (tertiary/aromatic N) is 3. The van der Waals surface area contributed by atoms with Gasteiger partial charge in [-0.15, -0.1) is 0 Å². The zero-order valence-corrected chi connectivity index (χ0v) is 21.3. The summed E-state index contributed by atoms with van der Waals surface area (Å²) in [5.41, 5.74) is 6.40. The fourth-order valence-electron chi connectivity index (χ4n) is 4.10. The Bertz CT molecular complexity index is 1760. The van der Waals surface area contributed by atoms with E-state index in [0.29, 0.717) is 33.6 Å². The fraction of sp³-hybridized carbons (Fsp3) is 0.143. The number of nitrogens with two attached hydrogens (primary N) is 1. The van der Waals surface area contributed by atoms with E-state index < -0.39 is 5.91 Å². The van der Waals surface area contributed by atoms with Crippen LogP contribution in [0.3, 0.4) is 0 Å². The first-order chi connectivity index (χ1) is 18.9. The van der Waals surface area contributed by atoms with Gasteiger partial charge in [0.25, 0.3) is 11.5 Å². The zero-order chi connectivity index (χ0) is 27.5. The van der Waals surface area contributed by atoms with E-state index >= 15 is 0 Å². The molecule has 2 N–H and O–H groups in total. The summed E-state index contributed by atoms with van der Waals surface area (Å²) in [5.74, 6) is 1.28. The molecule has 0 unspecified atom stereocenters. The minimum Gasteiger partial charge on any atom is -0.496 e. The smallest absolute Gasteiger partial charge is 0.282 e. The van der Waals surface area contributed by atoms with Crippen molar-refractivity contribution >= 4 is 34.0 Å². The lowest BCUT2D eigenvalue weighted by molar-refractivity contribution is -0.120. The molecule has 1 amide bonds. The maximum atomic E-state index is 13.6. The number of carbonyl (C=O) groups excluding carboxylic acids is 1. The second-order valence-corrected chi connectivity index (χ2v) is 8.31. The van der Waals surface area contributed by atoms with Crippen molar-refractivity contribution in [1.29, 1.82) is 0 Å². The highest BCUT2D eigenvalue weighted by Gasteiger charge is 2.19. The Morgan fingerprint density at radius 1 is 0.974 bits per heavy atom. The SMILES string of the molecule is COc1cc(C=Nn2c(-c3cc4c(OC)cccc4o3)nc3ccccc3c2=O)cc(OC)c1OCC(N)=O. The summed E-state index contributed by atoms with van der Waals surface area (Å²) >= 11 is 0. The van der Waals surface area contributed by atoms with E-state index in [0.717, 1.165) is 5.39 Å². The summed E-state index contributed by atoms with van der Waals surface area (Å²) in [6.07, 6.45) is 1.45. The summed E-state index contributed by atoms with van der Waals surface area (Å²) < 4.78 is 29.0. The van der Waals surface area contributed by atoms with Gasteiger partial charge in [0.15, 0.2) is 23.9 Å². The molecule has 3 aromatic carbocycles. The third-order valence-electron chi connectivity index (χ3n) is 5.88. The number of hydrogen-bond donors (Lipinski definition) is 1. The topological polar surface area (TPSA) is 140 Å². The van der Waals surface area contributed by atoms with Crippen molar-refractivity contribution in [2.75, 3.05) is 27.9 Å². The molecule has 39 heavy (non-hydrogen) atoms. The summed E-state index contributed by atoms with van der Waals surface area (Å²) in [7, 11) is 4.46. The first-order valence-electron chi connectivity index (χ1n) is 11.7. The maximum absolute atomic E-state index is 13.6. The molecule has 5 rings (SSSR count). The highest BCUT2D eigenvalue weighted by Crippen LogP contribution is 2.38. The van der Waals surface area contributed by atoms with E-state index in [4.69, 9.17) is 34.1 Å².